The molecular weight excluding hydrogens is 409 g/mol. The van der Waals surface area contributed by atoms with Gasteiger partial charge in [-0.2, -0.15) is 0 Å². The number of hydrogen-bond donors (Lipinski definition) is 0. The molecule has 0 saturated heterocycles. The van der Waals surface area contributed by atoms with Crippen LogP contribution in [0.3, 0.4) is 0 Å². The molecule has 0 fully saturated rings. The number of fused-ring (bicyclic) bond motifs is 1. The summed E-state index contributed by atoms with van der Waals surface area (Å²) in [6.07, 6.45) is 5.91. The van der Waals surface area contributed by atoms with Crippen molar-refractivity contribution in [2.24, 2.45) is 4.99 Å². The van der Waals surface area contributed by atoms with Crippen molar-refractivity contribution in [1.29, 1.82) is 0 Å². The van der Waals surface area contributed by atoms with Gasteiger partial charge in [0.25, 0.3) is 0 Å². The fraction of sp³-hybridized carbons (Fsp3) is 0.269. The Balaban J connectivity index is 1.72. The Morgan fingerprint density at radius 2 is 1.90 bits per heavy atom. The minimum absolute atomic E-state index is 0.169. The molecule has 3 unspecified atom stereocenters. The number of allylic oxidation sites excluding steroid dienone is 2. The summed E-state index contributed by atoms with van der Waals surface area (Å²) in [5.74, 6) is 6.17. The maximum Gasteiger partial charge on any atom is 0.132 e. The van der Waals surface area contributed by atoms with Crippen LogP contribution in [0.2, 0.25) is 0 Å². The Kier molecular flexibility index (Phi) is 6.08. The Morgan fingerprint density at radius 3 is 2.61 bits per heavy atom. The van der Waals surface area contributed by atoms with E-state index in [2.05, 4.69) is 52.1 Å². The van der Waals surface area contributed by atoms with Crippen LogP contribution in [0.1, 0.15) is 43.7 Å². The van der Waals surface area contributed by atoms with E-state index in [1.165, 1.54) is 18.2 Å². The van der Waals surface area contributed by atoms with Gasteiger partial charge in [-0.3, -0.25) is 4.99 Å². The molecule has 31 heavy (non-hydrogen) atoms. The molecule has 0 aliphatic carbocycles. The number of benzene rings is 2. The van der Waals surface area contributed by atoms with Gasteiger partial charge in [0.1, 0.15) is 11.6 Å². The van der Waals surface area contributed by atoms with Crippen LogP contribution in [0.25, 0.3) is 0 Å². The van der Waals surface area contributed by atoms with E-state index in [4.69, 9.17) is 4.99 Å². The first-order valence-electron chi connectivity index (χ1n) is 10.5. The van der Waals surface area contributed by atoms with Crippen molar-refractivity contribution in [2.45, 2.75) is 38.6 Å². The molecule has 0 N–H and O–H groups in total. The van der Waals surface area contributed by atoms with Crippen LogP contribution >= 0.6 is 9.24 Å². The van der Waals surface area contributed by atoms with E-state index in [1.54, 1.807) is 12.1 Å². The Bertz CT molecular complexity index is 1170. The Morgan fingerprint density at radius 1 is 1.16 bits per heavy atom. The normalized spacial score (nSPS) is 20.2. The van der Waals surface area contributed by atoms with Gasteiger partial charge in [-0.25, -0.2) is 8.78 Å². The van der Waals surface area contributed by atoms with Crippen LogP contribution in [0.4, 0.5) is 14.5 Å². The Labute approximate surface area is 185 Å². The van der Waals surface area contributed by atoms with E-state index in [0.717, 1.165) is 40.8 Å². The molecule has 2 aromatic carbocycles. The topological polar surface area (TPSA) is 15.6 Å². The highest BCUT2D eigenvalue weighted by molar-refractivity contribution is 7.27. The van der Waals surface area contributed by atoms with Gasteiger partial charge in [-0.05, 0) is 60.7 Å². The van der Waals surface area contributed by atoms with Crippen LogP contribution in [0, 0.1) is 23.5 Å². The van der Waals surface area contributed by atoms with Crippen molar-refractivity contribution in [3.8, 4) is 11.8 Å². The minimum Gasteiger partial charge on any atom is -0.372 e. The van der Waals surface area contributed by atoms with E-state index in [0.29, 0.717) is 11.0 Å². The van der Waals surface area contributed by atoms with Crippen LogP contribution in [-0.2, 0) is 0 Å². The Hall–Kier alpha value is -2.76. The summed E-state index contributed by atoms with van der Waals surface area (Å²) in [7, 11) is 4.50. The monoisotopic (exact) mass is 434 g/mol. The second-order valence-corrected chi connectivity index (χ2v) is 8.75. The highest BCUT2D eigenvalue weighted by Crippen LogP contribution is 2.37. The van der Waals surface area contributed by atoms with E-state index in [1.807, 2.05) is 13.1 Å². The zero-order valence-corrected chi connectivity index (χ0v) is 19.1. The lowest BCUT2D eigenvalue weighted by molar-refractivity contribution is 0.360. The number of likely N-dealkylation sites (N-methyl/N-ethyl adjacent to an activating group) is 1. The third kappa shape index (κ3) is 4.48. The van der Waals surface area contributed by atoms with Gasteiger partial charge in [0.15, 0.2) is 0 Å². The summed E-state index contributed by atoms with van der Waals surface area (Å²) in [5.41, 5.74) is 5.50. The molecule has 2 aliphatic rings. The van der Waals surface area contributed by atoms with Gasteiger partial charge in [0.05, 0.1) is 17.4 Å². The van der Waals surface area contributed by atoms with E-state index in [-0.39, 0.29) is 23.6 Å². The summed E-state index contributed by atoms with van der Waals surface area (Å²) in [6.45, 7) is 4.28. The highest BCUT2D eigenvalue weighted by Gasteiger charge is 2.26. The number of halogens is 2. The number of aliphatic imine (C=N–C) groups is 1. The first-order valence-corrected chi connectivity index (χ1v) is 11.0. The smallest absolute Gasteiger partial charge is 0.132 e. The molecule has 2 aliphatic heterocycles. The minimum atomic E-state index is -0.270. The van der Waals surface area contributed by atoms with Gasteiger partial charge in [-0.1, -0.05) is 25.7 Å². The SMILES string of the molecule is CCC1C(C#Cc2ccc(F)cc2)=CC(C2=Nc3cc(F)c(P)cc3C(C)C2)=CN1C. The molecule has 2 nitrogen and oxygen atoms in total. The summed E-state index contributed by atoms with van der Waals surface area (Å²) in [6, 6.07) is 9.78. The molecule has 0 bridgehead atoms. The van der Waals surface area contributed by atoms with Gasteiger partial charge in [-0.15, -0.1) is 9.24 Å². The molecular formula is C26H25F2N2P. The summed E-state index contributed by atoms with van der Waals surface area (Å²) < 4.78 is 27.3. The first-order chi connectivity index (χ1) is 14.9. The van der Waals surface area contributed by atoms with Crippen LogP contribution in [0.5, 0.6) is 0 Å². The van der Waals surface area contributed by atoms with Gasteiger partial charge in [0, 0.05) is 41.3 Å². The van der Waals surface area contributed by atoms with Crippen molar-refractivity contribution in [2.75, 3.05) is 7.05 Å². The molecule has 0 spiro atoms. The summed E-state index contributed by atoms with van der Waals surface area (Å²) >= 11 is 0. The van der Waals surface area contributed by atoms with E-state index >= 15 is 0 Å². The highest BCUT2D eigenvalue weighted by atomic mass is 31.0. The van der Waals surface area contributed by atoms with Crippen molar-refractivity contribution in [3.63, 3.8) is 0 Å². The molecule has 4 rings (SSSR count). The third-order valence-electron chi connectivity index (χ3n) is 5.85. The molecule has 2 heterocycles. The predicted octanol–water partition coefficient (Wildman–Crippen LogP) is 5.63. The van der Waals surface area contributed by atoms with Gasteiger partial charge >= 0.3 is 0 Å². The molecule has 2 aromatic rings. The van der Waals surface area contributed by atoms with Crippen LogP contribution in [-0.4, -0.2) is 23.7 Å². The zero-order chi connectivity index (χ0) is 22.1. The number of hydrogen-bond acceptors (Lipinski definition) is 2. The molecule has 158 valence electrons. The van der Waals surface area contributed by atoms with Gasteiger partial charge in [0.2, 0.25) is 0 Å². The van der Waals surface area contributed by atoms with E-state index < -0.39 is 0 Å². The number of rotatable bonds is 2. The van der Waals surface area contributed by atoms with Crippen molar-refractivity contribution in [1.82, 2.24) is 4.90 Å². The largest absolute Gasteiger partial charge is 0.372 e. The molecule has 0 saturated carbocycles. The third-order valence-corrected chi connectivity index (χ3v) is 6.29. The van der Waals surface area contributed by atoms with Gasteiger partial charge < -0.3 is 4.90 Å². The molecule has 0 aromatic heterocycles. The molecule has 5 heteroatoms. The summed E-state index contributed by atoms with van der Waals surface area (Å²) in [4.78, 5) is 6.97. The average Bonchev–Trinajstić information content (AvgIpc) is 2.74. The quantitative estimate of drug-likeness (QED) is 0.442. The lowest BCUT2D eigenvalue weighted by Gasteiger charge is -2.32. The van der Waals surface area contributed by atoms with Crippen LogP contribution < -0.4 is 5.30 Å². The fourth-order valence-corrected chi connectivity index (χ4v) is 4.42. The first kappa shape index (κ1) is 21.5. The predicted molar refractivity (Wildman–Crippen MR) is 127 cm³/mol. The summed E-state index contributed by atoms with van der Waals surface area (Å²) in [5, 5.41) is 0.574. The van der Waals surface area contributed by atoms with Crippen LogP contribution in [0.15, 0.2) is 64.8 Å². The second kappa shape index (κ2) is 8.77. The lowest BCUT2D eigenvalue weighted by atomic mass is 9.86. The van der Waals surface area contributed by atoms with Crippen molar-refractivity contribution >= 4 is 25.9 Å². The maximum absolute atomic E-state index is 14.1. The van der Waals surface area contributed by atoms with E-state index in [9.17, 15) is 8.78 Å². The molecule has 0 amide bonds. The average molecular weight is 434 g/mol. The standard InChI is InChI=1S/C26H25F2N2P/c1-4-25-18(8-5-17-6-9-20(27)10-7-17)12-19(15-30(25)3)23-11-16(2)21-13-26(31)22(28)14-24(21)29-23/h6-7,9-10,12-16,25H,4,11,31H2,1-3H3. The maximum atomic E-state index is 14.1. The molecule has 3 atom stereocenters. The molecule has 0 radical (unpaired) electrons. The van der Waals surface area contributed by atoms with Crippen molar-refractivity contribution in [3.05, 3.63) is 82.6 Å². The lowest BCUT2D eigenvalue weighted by Crippen LogP contribution is -2.32. The zero-order valence-electron chi connectivity index (χ0n) is 17.9. The van der Waals surface area contributed by atoms with Crippen molar-refractivity contribution < 1.29 is 8.78 Å². The number of nitrogens with zero attached hydrogens (tertiary/aromatic N) is 2. The fourth-order valence-electron chi connectivity index (χ4n) is 4.15. The second-order valence-electron chi connectivity index (χ2n) is 8.13.